The summed E-state index contributed by atoms with van der Waals surface area (Å²) in [5.41, 5.74) is 0.719. The number of halogens is 1. The van der Waals surface area contributed by atoms with Gasteiger partial charge in [0.15, 0.2) is 5.16 Å². The number of hydrogen-bond donors (Lipinski definition) is 0. The summed E-state index contributed by atoms with van der Waals surface area (Å²) < 4.78 is 15.9. The summed E-state index contributed by atoms with van der Waals surface area (Å²) >= 11 is 1.57. The number of aromatic nitrogens is 3. The summed E-state index contributed by atoms with van der Waals surface area (Å²) in [5.74, 6) is 2.29. The Morgan fingerprint density at radius 3 is 2.70 bits per heavy atom. The van der Waals surface area contributed by atoms with Gasteiger partial charge in [0.25, 0.3) is 0 Å². The quantitative estimate of drug-likeness (QED) is 0.708. The molecule has 1 aromatic heterocycles. The zero-order valence-electron chi connectivity index (χ0n) is 13.7. The third-order valence-electron chi connectivity index (χ3n) is 4.62. The van der Waals surface area contributed by atoms with E-state index in [1.807, 2.05) is 12.1 Å². The molecule has 0 bridgehead atoms. The Morgan fingerprint density at radius 2 is 1.96 bits per heavy atom. The number of rotatable bonds is 6. The van der Waals surface area contributed by atoms with E-state index in [9.17, 15) is 4.39 Å². The van der Waals surface area contributed by atoms with Gasteiger partial charge in [-0.15, -0.1) is 10.2 Å². The molecule has 0 saturated heterocycles. The predicted molar refractivity (Wildman–Crippen MR) is 91.9 cm³/mol. The van der Waals surface area contributed by atoms with Crippen LogP contribution in [0.4, 0.5) is 4.39 Å². The van der Waals surface area contributed by atoms with E-state index in [0.717, 1.165) is 35.4 Å². The van der Waals surface area contributed by atoms with Gasteiger partial charge in [0.2, 0.25) is 0 Å². The second-order valence-corrected chi connectivity index (χ2v) is 7.17. The van der Waals surface area contributed by atoms with E-state index in [2.05, 4.69) is 21.7 Å². The maximum atomic E-state index is 13.7. The van der Waals surface area contributed by atoms with Gasteiger partial charge in [-0.2, -0.15) is 0 Å². The molecule has 0 radical (unpaired) electrons. The zero-order valence-corrected chi connectivity index (χ0v) is 14.5. The fraction of sp³-hybridized carbons (Fsp3) is 0.556. The van der Waals surface area contributed by atoms with E-state index in [-0.39, 0.29) is 5.82 Å². The zero-order chi connectivity index (χ0) is 16.1. The molecular weight excluding hydrogens is 309 g/mol. The van der Waals surface area contributed by atoms with Gasteiger partial charge in [0.1, 0.15) is 11.6 Å². The molecule has 0 amide bonds. The summed E-state index contributed by atoms with van der Waals surface area (Å²) in [5, 5.41) is 9.67. The standard InChI is InChI=1S/C18H24FN3S/c1-2-22-17(12-14-8-4-3-5-9-14)20-21-18(22)23-13-15-10-6-7-11-16(15)19/h6-7,10-11,14H,2-5,8-9,12-13H2,1H3. The van der Waals surface area contributed by atoms with Crippen molar-refractivity contribution in [1.29, 1.82) is 0 Å². The molecule has 5 heteroatoms. The van der Waals surface area contributed by atoms with Crippen LogP contribution in [0.3, 0.4) is 0 Å². The molecule has 23 heavy (non-hydrogen) atoms. The van der Waals surface area contributed by atoms with Crippen LogP contribution in [0.15, 0.2) is 29.4 Å². The van der Waals surface area contributed by atoms with Crippen molar-refractivity contribution in [3.8, 4) is 0 Å². The summed E-state index contributed by atoms with van der Waals surface area (Å²) in [6.07, 6.45) is 7.73. The first-order chi connectivity index (χ1) is 11.3. The average molecular weight is 333 g/mol. The Balaban J connectivity index is 1.66. The first-order valence-corrected chi connectivity index (χ1v) is 9.54. The summed E-state index contributed by atoms with van der Waals surface area (Å²) in [6, 6.07) is 6.94. The Kier molecular flexibility index (Phi) is 5.70. The van der Waals surface area contributed by atoms with Crippen LogP contribution >= 0.6 is 11.8 Å². The number of benzene rings is 1. The van der Waals surface area contributed by atoms with Crippen molar-refractivity contribution in [3.05, 3.63) is 41.5 Å². The van der Waals surface area contributed by atoms with Crippen molar-refractivity contribution in [1.82, 2.24) is 14.8 Å². The number of hydrogen-bond acceptors (Lipinski definition) is 3. The lowest BCUT2D eigenvalue weighted by molar-refractivity contribution is 0.347. The third kappa shape index (κ3) is 4.14. The van der Waals surface area contributed by atoms with Gasteiger partial charge in [-0.3, -0.25) is 0 Å². The molecule has 0 unspecified atom stereocenters. The molecule has 3 nitrogen and oxygen atoms in total. The van der Waals surface area contributed by atoms with Crippen LogP contribution in [0.1, 0.15) is 50.4 Å². The Bertz CT molecular complexity index is 635. The molecule has 1 saturated carbocycles. The second kappa shape index (κ2) is 7.95. The largest absolute Gasteiger partial charge is 0.306 e. The number of nitrogens with zero attached hydrogens (tertiary/aromatic N) is 3. The Labute approximate surface area is 141 Å². The fourth-order valence-corrected chi connectivity index (χ4v) is 4.31. The first-order valence-electron chi connectivity index (χ1n) is 8.56. The van der Waals surface area contributed by atoms with Crippen LogP contribution in [0.2, 0.25) is 0 Å². The highest BCUT2D eigenvalue weighted by Crippen LogP contribution is 2.28. The molecule has 0 atom stereocenters. The van der Waals surface area contributed by atoms with Crippen LogP contribution < -0.4 is 0 Å². The van der Waals surface area contributed by atoms with E-state index >= 15 is 0 Å². The van der Waals surface area contributed by atoms with Crippen molar-refractivity contribution in [3.63, 3.8) is 0 Å². The van der Waals surface area contributed by atoms with Crippen molar-refractivity contribution < 1.29 is 4.39 Å². The minimum Gasteiger partial charge on any atom is -0.306 e. The van der Waals surface area contributed by atoms with Crippen molar-refractivity contribution in [2.24, 2.45) is 5.92 Å². The fourth-order valence-electron chi connectivity index (χ4n) is 3.30. The molecule has 2 aromatic rings. The molecule has 124 valence electrons. The van der Waals surface area contributed by atoms with Gasteiger partial charge in [-0.05, 0) is 24.5 Å². The normalized spacial score (nSPS) is 15.9. The smallest absolute Gasteiger partial charge is 0.191 e. The molecule has 0 aliphatic heterocycles. The van der Waals surface area contributed by atoms with E-state index in [0.29, 0.717) is 5.75 Å². The van der Waals surface area contributed by atoms with Gasteiger partial charge in [0.05, 0.1) is 0 Å². The van der Waals surface area contributed by atoms with E-state index in [1.54, 1.807) is 17.8 Å². The van der Waals surface area contributed by atoms with Gasteiger partial charge in [0, 0.05) is 18.7 Å². The highest BCUT2D eigenvalue weighted by Gasteiger charge is 2.19. The van der Waals surface area contributed by atoms with Gasteiger partial charge in [-0.25, -0.2) is 4.39 Å². The lowest BCUT2D eigenvalue weighted by atomic mass is 9.87. The van der Waals surface area contributed by atoms with Crippen molar-refractivity contribution in [2.75, 3.05) is 0 Å². The molecule has 1 heterocycles. The maximum Gasteiger partial charge on any atom is 0.191 e. The first kappa shape index (κ1) is 16.5. The summed E-state index contributed by atoms with van der Waals surface area (Å²) in [7, 11) is 0. The monoisotopic (exact) mass is 333 g/mol. The van der Waals surface area contributed by atoms with Gasteiger partial charge >= 0.3 is 0 Å². The molecule has 3 rings (SSSR count). The van der Waals surface area contributed by atoms with Gasteiger partial charge < -0.3 is 4.57 Å². The molecule has 1 aromatic carbocycles. The van der Waals surface area contributed by atoms with E-state index in [4.69, 9.17) is 0 Å². The molecular formula is C18H24FN3S. The van der Waals surface area contributed by atoms with Gasteiger partial charge in [-0.1, -0.05) is 62.1 Å². The van der Waals surface area contributed by atoms with E-state index < -0.39 is 0 Å². The Hall–Kier alpha value is -1.36. The predicted octanol–water partition coefficient (Wildman–Crippen LogP) is 4.85. The van der Waals surface area contributed by atoms with Crippen molar-refractivity contribution in [2.45, 2.75) is 62.9 Å². The summed E-state index contributed by atoms with van der Waals surface area (Å²) in [6.45, 7) is 3.00. The molecule has 1 fully saturated rings. The second-order valence-electron chi connectivity index (χ2n) is 6.23. The van der Waals surface area contributed by atoms with Crippen LogP contribution in [0.25, 0.3) is 0 Å². The average Bonchev–Trinajstić information content (AvgIpc) is 2.96. The molecule has 1 aliphatic rings. The van der Waals surface area contributed by atoms with Crippen LogP contribution in [-0.2, 0) is 18.7 Å². The minimum absolute atomic E-state index is 0.148. The van der Waals surface area contributed by atoms with Crippen LogP contribution in [0.5, 0.6) is 0 Å². The molecule has 0 N–H and O–H groups in total. The lowest BCUT2D eigenvalue weighted by Crippen LogP contribution is -2.13. The SMILES string of the molecule is CCn1c(CC2CCCCC2)nnc1SCc1ccccc1F. The number of thioether (sulfide) groups is 1. The minimum atomic E-state index is -0.148. The van der Waals surface area contributed by atoms with Crippen LogP contribution in [-0.4, -0.2) is 14.8 Å². The topological polar surface area (TPSA) is 30.7 Å². The molecule has 1 aliphatic carbocycles. The molecule has 0 spiro atoms. The van der Waals surface area contributed by atoms with E-state index in [1.165, 1.54) is 38.2 Å². The Morgan fingerprint density at radius 1 is 1.17 bits per heavy atom. The maximum absolute atomic E-state index is 13.7. The van der Waals surface area contributed by atoms with Crippen LogP contribution in [0, 0.1) is 11.7 Å². The highest BCUT2D eigenvalue weighted by molar-refractivity contribution is 7.98. The third-order valence-corrected chi connectivity index (χ3v) is 5.64. The summed E-state index contributed by atoms with van der Waals surface area (Å²) in [4.78, 5) is 0. The highest BCUT2D eigenvalue weighted by atomic mass is 32.2. The lowest BCUT2D eigenvalue weighted by Gasteiger charge is -2.21. The van der Waals surface area contributed by atoms with Crippen molar-refractivity contribution >= 4 is 11.8 Å².